The number of benzene rings is 1. The van der Waals surface area contributed by atoms with Crippen molar-refractivity contribution in [3.05, 3.63) is 71.4 Å². The van der Waals surface area contributed by atoms with Crippen molar-refractivity contribution in [2.45, 2.75) is 38.1 Å². The highest BCUT2D eigenvalue weighted by Gasteiger charge is 2.33. The van der Waals surface area contributed by atoms with Crippen LogP contribution < -0.4 is 0 Å². The Morgan fingerprint density at radius 3 is 2.64 bits per heavy atom. The highest BCUT2D eigenvalue weighted by molar-refractivity contribution is 6.02. The van der Waals surface area contributed by atoms with Crippen LogP contribution in [-0.4, -0.2) is 38.7 Å². The van der Waals surface area contributed by atoms with Crippen molar-refractivity contribution in [1.82, 2.24) is 19.9 Å². The number of hydrogen-bond acceptors (Lipinski definition) is 4. The number of imidazole rings is 1. The molecule has 1 aliphatic heterocycles. The zero-order chi connectivity index (χ0) is 18.9. The lowest BCUT2D eigenvalue weighted by atomic mass is 9.94. The van der Waals surface area contributed by atoms with Gasteiger partial charge in [0.05, 0.1) is 17.9 Å². The van der Waals surface area contributed by atoms with Gasteiger partial charge in [-0.2, -0.15) is 0 Å². The Morgan fingerprint density at radius 1 is 1.04 bits per heavy atom. The maximum atomic E-state index is 12.6. The molecule has 0 bridgehead atoms. The summed E-state index contributed by atoms with van der Waals surface area (Å²) < 4.78 is 0. The number of ketones is 1. The Balaban J connectivity index is 1.55. The number of nitrogens with zero attached hydrogens (tertiary/aromatic N) is 3. The fourth-order valence-corrected chi connectivity index (χ4v) is 4.54. The minimum Gasteiger partial charge on any atom is -0.344 e. The molecule has 1 atom stereocenters. The zero-order valence-electron chi connectivity index (χ0n) is 15.9. The number of hydrogen-bond donors (Lipinski definition) is 1. The normalized spacial score (nSPS) is 19.7. The standard InChI is InChI=1S/C23H24N4O/c28-20-14-19(17-6-2-3-7-18(17)20)23-22(16-8-10-24-11-9-16)25-21(26-23)15-27-12-4-1-5-13-27/h2-3,6-11,19H,1,4-5,12-15H2,(H,25,26). The topological polar surface area (TPSA) is 61.9 Å². The lowest BCUT2D eigenvalue weighted by Gasteiger charge is -2.25. The van der Waals surface area contributed by atoms with Gasteiger partial charge in [0.15, 0.2) is 5.78 Å². The van der Waals surface area contributed by atoms with E-state index < -0.39 is 0 Å². The third-order valence-corrected chi connectivity index (χ3v) is 5.93. The number of pyridine rings is 1. The van der Waals surface area contributed by atoms with E-state index in [1.54, 1.807) is 12.4 Å². The summed E-state index contributed by atoms with van der Waals surface area (Å²) in [7, 11) is 0. The second-order valence-electron chi connectivity index (χ2n) is 7.79. The van der Waals surface area contributed by atoms with E-state index in [2.05, 4.69) is 20.9 Å². The minimum absolute atomic E-state index is 0.0365. The van der Waals surface area contributed by atoms with E-state index in [0.717, 1.165) is 53.5 Å². The fraction of sp³-hybridized carbons (Fsp3) is 0.348. The van der Waals surface area contributed by atoms with Gasteiger partial charge in [-0.25, -0.2) is 4.98 Å². The predicted octanol–water partition coefficient (Wildman–Crippen LogP) is 4.18. The van der Waals surface area contributed by atoms with Crippen molar-refractivity contribution in [3.63, 3.8) is 0 Å². The highest BCUT2D eigenvalue weighted by atomic mass is 16.1. The van der Waals surface area contributed by atoms with Crippen LogP contribution in [0.25, 0.3) is 11.3 Å². The van der Waals surface area contributed by atoms with Gasteiger partial charge in [0.2, 0.25) is 0 Å². The first kappa shape index (κ1) is 17.3. The molecule has 142 valence electrons. The molecule has 1 fully saturated rings. The van der Waals surface area contributed by atoms with Gasteiger partial charge in [0.1, 0.15) is 5.82 Å². The molecule has 1 unspecified atom stereocenters. The van der Waals surface area contributed by atoms with Crippen LogP contribution in [0, 0.1) is 0 Å². The van der Waals surface area contributed by atoms with Crippen LogP contribution in [0.3, 0.4) is 0 Å². The Morgan fingerprint density at radius 2 is 1.82 bits per heavy atom. The number of rotatable bonds is 4. The molecule has 2 aromatic heterocycles. The van der Waals surface area contributed by atoms with E-state index in [1.807, 2.05) is 30.3 Å². The molecule has 0 saturated carbocycles. The average Bonchev–Trinajstić information content (AvgIpc) is 3.31. The van der Waals surface area contributed by atoms with E-state index in [-0.39, 0.29) is 11.7 Å². The molecule has 1 aromatic carbocycles. The number of piperidine rings is 1. The molecule has 5 nitrogen and oxygen atoms in total. The van der Waals surface area contributed by atoms with Gasteiger partial charge in [-0.1, -0.05) is 30.7 Å². The van der Waals surface area contributed by atoms with E-state index in [0.29, 0.717) is 6.42 Å². The summed E-state index contributed by atoms with van der Waals surface area (Å²) in [5.74, 6) is 1.24. The van der Waals surface area contributed by atoms with Crippen molar-refractivity contribution in [1.29, 1.82) is 0 Å². The zero-order valence-corrected chi connectivity index (χ0v) is 15.9. The first-order valence-electron chi connectivity index (χ1n) is 10.1. The first-order chi connectivity index (χ1) is 13.8. The summed E-state index contributed by atoms with van der Waals surface area (Å²) in [4.78, 5) is 27.8. The number of H-pyrrole nitrogens is 1. The van der Waals surface area contributed by atoms with Crippen molar-refractivity contribution in [2.24, 2.45) is 0 Å². The first-order valence-corrected chi connectivity index (χ1v) is 10.1. The number of carbonyl (C=O) groups is 1. The molecule has 5 rings (SSSR count). The smallest absolute Gasteiger partial charge is 0.164 e. The molecule has 3 aromatic rings. The van der Waals surface area contributed by atoms with Gasteiger partial charge < -0.3 is 4.98 Å². The summed E-state index contributed by atoms with van der Waals surface area (Å²) in [5, 5.41) is 0. The SMILES string of the molecule is O=C1CC(c2[nH]c(CN3CCCCC3)nc2-c2ccncc2)c2ccccc21. The quantitative estimate of drug-likeness (QED) is 0.746. The number of nitrogens with one attached hydrogen (secondary N) is 1. The summed E-state index contributed by atoms with van der Waals surface area (Å²) >= 11 is 0. The molecule has 0 radical (unpaired) electrons. The Bertz CT molecular complexity index is 989. The van der Waals surface area contributed by atoms with Crippen LogP contribution >= 0.6 is 0 Å². The molecule has 0 spiro atoms. The number of Topliss-reactive ketones (excluding diaryl/α,β-unsaturated/α-hetero) is 1. The molecule has 28 heavy (non-hydrogen) atoms. The van der Waals surface area contributed by atoms with E-state index in [9.17, 15) is 4.79 Å². The number of carbonyl (C=O) groups excluding carboxylic acids is 1. The summed E-state index contributed by atoms with van der Waals surface area (Å²) in [6, 6.07) is 12.0. The minimum atomic E-state index is 0.0365. The Kier molecular flexibility index (Phi) is 4.53. The van der Waals surface area contributed by atoms with Crippen molar-refractivity contribution < 1.29 is 4.79 Å². The number of aromatic amines is 1. The van der Waals surface area contributed by atoms with Crippen molar-refractivity contribution in [3.8, 4) is 11.3 Å². The second kappa shape index (κ2) is 7.32. The third-order valence-electron chi connectivity index (χ3n) is 5.93. The van der Waals surface area contributed by atoms with E-state index in [4.69, 9.17) is 4.98 Å². The van der Waals surface area contributed by atoms with Crippen LogP contribution in [-0.2, 0) is 6.54 Å². The van der Waals surface area contributed by atoms with Crippen molar-refractivity contribution in [2.75, 3.05) is 13.1 Å². The lowest BCUT2D eigenvalue weighted by molar-refractivity contribution is 0.0991. The maximum absolute atomic E-state index is 12.6. The number of fused-ring (bicyclic) bond motifs is 1. The van der Waals surface area contributed by atoms with Gasteiger partial charge in [-0.05, 0) is 43.6 Å². The van der Waals surface area contributed by atoms with Gasteiger partial charge >= 0.3 is 0 Å². The van der Waals surface area contributed by atoms with Crippen molar-refractivity contribution >= 4 is 5.78 Å². The molecule has 3 heterocycles. The van der Waals surface area contributed by atoms with Gasteiger partial charge in [0.25, 0.3) is 0 Å². The monoisotopic (exact) mass is 372 g/mol. The number of aromatic nitrogens is 3. The molecular formula is C23H24N4O. The molecule has 1 N–H and O–H groups in total. The molecule has 5 heteroatoms. The Labute approximate surface area is 164 Å². The highest BCUT2D eigenvalue weighted by Crippen LogP contribution is 2.40. The van der Waals surface area contributed by atoms with Crippen LogP contribution in [0.5, 0.6) is 0 Å². The number of likely N-dealkylation sites (tertiary alicyclic amines) is 1. The van der Waals surface area contributed by atoms with Crippen LogP contribution in [0.4, 0.5) is 0 Å². The van der Waals surface area contributed by atoms with Crippen LogP contribution in [0.2, 0.25) is 0 Å². The van der Waals surface area contributed by atoms with Crippen LogP contribution in [0.1, 0.15) is 59.0 Å². The molecule has 1 aliphatic carbocycles. The maximum Gasteiger partial charge on any atom is 0.164 e. The van der Waals surface area contributed by atoms with Gasteiger partial charge in [0, 0.05) is 35.9 Å². The summed E-state index contributed by atoms with van der Waals surface area (Å²) in [6.45, 7) is 3.09. The van der Waals surface area contributed by atoms with E-state index >= 15 is 0 Å². The predicted molar refractivity (Wildman–Crippen MR) is 108 cm³/mol. The summed E-state index contributed by atoms with van der Waals surface area (Å²) in [5.41, 5.74) is 5.00. The van der Waals surface area contributed by atoms with Gasteiger partial charge in [-0.15, -0.1) is 0 Å². The molecule has 1 saturated heterocycles. The Hall–Kier alpha value is -2.79. The average molecular weight is 372 g/mol. The summed E-state index contributed by atoms with van der Waals surface area (Å²) in [6.07, 6.45) is 7.94. The third kappa shape index (κ3) is 3.16. The lowest BCUT2D eigenvalue weighted by Crippen LogP contribution is -2.29. The van der Waals surface area contributed by atoms with Crippen LogP contribution in [0.15, 0.2) is 48.8 Å². The molecule has 2 aliphatic rings. The molecular weight excluding hydrogens is 348 g/mol. The molecule has 0 amide bonds. The fourth-order valence-electron chi connectivity index (χ4n) is 4.54. The van der Waals surface area contributed by atoms with Gasteiger partial charge in [-0.3, -0.25) is 14.7 Å². The largest absolute Gasteiger partial charge is 0.344 e. The van der Waals surface area contributed by atoms with E-state index in [1.165, 1.54) is 19.3 Å². The second-order valence-corrected chi connectivity index (χ2v) is 7.79.